The van der Waals surface area contributed by atoms with E-state index >= 15 is 0 Å². The van der Waals surface area contributed by atoms with Crippen molar-refractivity contribution in [1.82, 2.24) is 4.90 Å². The van der Waals surface area contributed by atoms with Crippen molar-refractivity contribution < 1.29 is 9.90 Å². The highest BCUT2D eigenvalue weighted by Gasteiger charge is 2.16. The molecule has 1 fully saturated rings. The molecule has 0 spiro atoms. The van der Waals surface area contributed by atoms with E-state index in [-0.39, 0.29) is 31.2 Å². The maximum absolute atomic E-state index is 10.5. The number of hydrogen-bond acceptors (Lipinski definition) is 3. The highest BCUT2D eigenvalue weighted by molar-refractivity contribution is 5.85. The van der Waals surface area contributed by atoms with Crippen molar-refractivity contribution in [2.75, 3.05) is 37.6 Å². The van der Waals surface area contributed by atoms with E-state index in [1.807, 2.05) is 6.07 Å². The number of carboxylic acids is 1. The molecule has 0 aliphatic carbocycles. The van der Waals surface area contributed by atoms with Gasteiger partial charge in [0.25, 0.3) is 0 Å². The topological polar surface area (TPSA) is 43.8 Å². The minimum atomic E-state index is -0.696. The zero-order valence-corrected chi connectivity index (χ0v) is 13.0. The van der Waals surface area contributed by atoms with Crippen molar-refractivity contribution >= 4 is 36.5 Å². The van der Waals surface area contributed by atoms with Crippen LogP contribution in [-0.2, 0) is 4.79 Å². The Hall–Kier alpha value is -0.970. The lowest BCUT2D eigenvalue weighted by Crippen LogP contribution is -2.46. The Morgan fingerprint density at radius 1 is 1.05 bits per heavy atom. The molecule has 1 N–H and O–H groups in total. The van der Waals surface area contributed by atoms with Crippen molar-refractivity contribution in [3.63, 3.8) is 0 Å². The molecule has 1 aliphatic rings. The maximum atomic E-state index is 10.5. The van der Waals surface area contributed by atoms with Crippen LogP contribution < -0.4 is 4.90 Å². The van der Waals surface area contributed by atoms with Crippen LogP contribution in [0.25, 0.3) is 0 Å². The van der Waals surface area contributed by atoms with Gasteiger partial charge in [-0.3, -0.25) is 9.69 Å². The molecule has 1 aromatic carbocycles. The van der Waals surface area contributed by atoms with Crippen LogP contribution in [0, 0.1) is 0 Å². The summed E-state index contributed by atoms with van der Waals surface area (Å²) in [5.41, 5.74) is 1.28. The SMILES string of the molecule is Cl.Cl.O=C(O)CCCN1CCN(c2ccccc2)CC1. The minimum absolute atomic E-state index is 0. The van der Waals surface area contributed by atoms with E-state index in [2.05, 4.69) is 34.1 Å². The van der Waals surface area contributed by atoms with Gasteiger partial charge >= 0.3 is 5.97 Å². The van der Waals surface area contributed by atoms with Crippen molar-refractivity contribution in [1.29, 1.82) is 0 Å². The molecule has 0 aromatic heterocycles. The Labute approximate surface area is 132 Å². The predicted octanol–water partition coefficient (Wildman–Crippen LogP) is 2.52. The Morgan fingerprint density at radius 2 is 1.65 bits per heavy atom. The van der Waals surface area contributed by atoms with Gasteiger partial charge in [0.2, 0.25) is 0 Å². The largest absolute Gasteiger partial charge is 0.481 e. The smallest absolute Gasteiger partial charge is 0.303 e. The number of carboxylic acid groups (broad SMARTS) is 1. The second kappa shape index (κ2) is 9.86. The number of anilines is 1. The fourth-order valence-corrected chi connectivity index (χ4v) is 2.32. The number of nitrogens with zero attached hydrogens (tertiary/aromatic N) is 2. The number of benzene rings is 1. The van der Waals surface area contributed by atoms with Gasteiger partial charge in [0.15, 0.2) is 0 Å². The van der Waals surface area contributed by atoms with Gasteiger partial charge in [0.1, 0.15) is 0 Å². The summed E-state index contributed by atoms with van der Waals surface area (Å²) in [6.45, 7) is 4.99. The summed E-state index contributed by atoms with van der Waals surface area (Å²) >= 11 is 0. The van der Waals surface area contributed by atoms with Crippen molar-refractivity contribution in [3.05, 3.63) is 30.3 Å². The number of piperazine rings is 1. The summed E-state index contributed by atoms with van der Waals surface area (Å²) in [6, 6.07) is 10.4. The first-order valence-electron chi connectivity index (χ1n) is 6.50. The normalized spacial score (nSPS) is 15.1. The van der Waals surface area contributed by atoms with Gasteiger partial charge in [-0.25, -0.2) is 0 Å². The van der Waals surface area contributed by atoms with E-state index in [4.69, 9.17) is 5.11 Å². The molecule has 0 bridgehead atoms. The van der Waals surface area contributed by atoms with Gasteiger partial charge in [-0.15, -0.1) is 24.8 Å². The summed E-state index contributed by atoms with van der Waals surface area (Å²) < 4.78 is 0. The molecule has 1 saturated heterocycles. The molecule has 0 unspecified atom stereocenters. The van der Waals surface area contributed by atoms with Crippen molar-refractivity contribution in [2.24, 2.45) is 0 Å². The standard InChI is InChI=1S/C14H20N2O2.2ClH/c17-14(18)7-4-8-15-9-11-16(12-10-15)13-5-2-1-3-6-13;;/h1-3,5-6H,4,7-12H2,(H,17,18);2*1H. The van der Waals surface area contributed by atoms with E-state index in [0.29, 0.717) is 0 Å². The van der Waals surface area contributed by atoms with E-state index in [1.165, 1.54) is 5.69 Å². The van der Waals surface area contributed by atoms with Crippen LogP contribution in [0.2, 0.25) is 0 Å². The number of hydrogen-bond donors (Lipinski definition) is 1. The third-order valence-corrected chi connectivity index (χ3v) is 3.36. The summed E-state index contributed by atoms with van der Waals surface area (Å²) in [7, 11) is 0. The van der Waals surface area contributed by atoms with Crippen LogP contribution in [0.15, 0.2) is 30.3 Å². The number of para-hydroxylation sites is 1. The molecule has 6 heteroatoms. The second-order valence-electron chi connectivity index (χ2n) is 4.66. The van der Waals surface area contributed by atoms with Crippen molar-refractivity contribution in [2.45, 2.75) is 12.8 Å². The molecule has 2 rings (SSSR count). The predicted molar refractivity (Wildman–Crippen MR) is 86.5 cm³/mol. The average molecular weight is 321 g/mol. The first-order chi connectivity index (χ1) is 8.75. The van der Waals surface area contributed by atoms with E-state index in [0.717, 1.165) is 39.1 Å². The molecular formula is C14H22Cl2N2O2. The molecule has 0 radical (unpaired) electrons. The molecule has 20 heavy (non-hydrogen) atoms. The van der Waals surface area contributed by atoms with Gasteiger partial charge in [0, 0.05) is 38.3 Å². The second-order valence-corrected chi connectivity index (χ2v) is 4.66. The first kappa shape index (κ1) is 19.0. The van der Waals surface area contributed by atoms with Crippen LogP contribution in [0.3, 0.4) is 0 Å². The Kier molecular flexibility index (Phi) is 9.38. The Balaban J connectivity index is 0.00000180. The van der Waals surface area contributed by atoms with Crippen molar-refractivity contribution in [3.8, 4) is 0 Å². The van der Waals surface area contributed by atoms with E-state index in [1.54, 1.807) is 0 Å². The lowest BCUT2D eigenvalue weighted by atomic mass is 10.2. The Morgan fingerprint density at radius 3 is 2.20 bits per heavy atom. The van der Waals surface area contributed by atoms with Gasteiger partial charge in [-0.2, -0.15) is 0 Å². The van der Waals surface area contributed by atoms with Gasteiger partial charge in [0.05, 0.1) is 0 Å². The van der Waals surface area contributed by atoms with Crippen LogP contribution in [0.4, 0.5) is 5.69 Å². The van der Waals surface area contributed by atoms with E-state index < -0.39 is 5.97 Å². The lowest BCUT2D eigenvalue weighted by Gasteiger charge is -2.36. The van der Waals surface area contributed by atoms with E-state index in [9.17, 15) is 4.79 Å². The molecule has 1 aromatic rings. The van der Waals surface area contributed by atoms with Gasteiger partial charge < -0.3 is 10.0 Å². The molecule has 0 saturated carbocycles. The van der Waals surface area contributed by atoms with Gasteiger partial charge in [-0.05, 0) is 25.1 Å². The summed E-state index contributed by atoms with van der Waals surface area (Å²) in [5.74, 6) is -0.696. The average Bonchev–Trinajstić information content (AvgIpc) is 2.40. The Bertz CT molecular complexity index is 382. The first-order valence-corrected chi connectivity index (χ1v) is 6.50. The molecule has 1 heterocycles. The fourth-order valence-electron chi connectivity index (χ4n) is 2.32. The molecule has 0 atom stereocenters. The number of carbonyl (C=O) groups is 1. The zero-order valence-electron chi connectivity index (χ0n) is 11.4. The monoisotopic (exact) mass is 320 g/mol. The van der Waals surface area contributed by atoms with Crippen LogP contribution in [0.1, 0.15) is 12.8 Å². The molecule has 4 nitrogen and oxygen atoms in total. The molecule has 0 amide bonds. The van der Waals surface area contributed by atoms with Gasteiger partial charge in [-0.1, -0.05) is 18.2 Å². The third kappa shape index (κ3) is 5.99. The molecular weight excluding hydrogens is 299 g/mol. The highest BCUT2D eigenvalue weighted by Crippen LogP contribution is 2.15. The van der Waals surface area contributed by atoms with Crippen LogP contribution in [-0.4, -0.2) is 48.7 Å². The summed E-state index contributed by atoms with van der Waals surface area (Å²) in [6.07, 6.45) is 1.03. The quantitative estimate of drug-likeness (QED) is 0.905. The zero-order chi connectivity index (χ0) is 12.8. The number of rotatable bonds is 5. The molecule has 1 aliphatic heterocycles. The summed E-state index contributed by atoms with van der Waals surface area (Å²) in [5, 5.41) is 8.61. The van der Waals surface area contributed by atoms with Crippen LogP contribution in [0.5, 0.6) is 0 Å². The number of halogens is 2. The fraction of sp³-hybridized carbons (Fsp3) is 0.500. The number of aliphatic carboxylic acids is 1. The van der Waals surface area contributed by atoms with Crippen LogP contribution >= 0.6 is 24.8 Å². The highest BCUT2D eigenvalue weighted by atomic mass is 35.5. The molecule has 114 valence electrons. The third-order valence-electron chi connectivity index (χ3n) is 3.36. The summed E-state index contributed by atoms with van der Waals surface area (Å²) in [4.78, 5) is 15.2. The lowest BCUT2D eigenvalue weighted by molar-refractivity contribution is -0.137. The minimum Gasteiger partial charge on any atom is -0.481 e. The maximum Gasteiger partial charge on any atom is 0.303 e.